The minimum atomic E-state index is 0.772. The topological polar surface area (TPSA) is 37.2 Å². The van der Waals surface area contributed by atoms with Gasteiger partial charge in [-0.25, -0.2) is 0 Å². The molecular formula is C16H22ClN5. The molecule has 3 heterocycles. The number of anilines is 1. The van der Waals surface area contributed by atoms with Gasteiger partial charge in [-0.05, 0) is 18.6 Å². The van der Waals surface area contributed by atoms with E-state index in [0.29, 0.717) is 0 Å². The van der Waals surface area contributed by atoms with E-state index in [4.69, 9.17) is 11.6 Å². The van der Waals surface area contributed by atoms with Crippen molar-refractivity contribution in [3.63, 3.8) is 0 Å². The summed E-state index contributed by atoms with van der Waals surface area (Å²) in [6.07, 6.45) is 4.63. The van der Waals surface area contributed by atoms with Crippen LogP contribution in [-0.4, -0.2) is 45.8 Å². The van der Waals surface area contributed by atoms with Crippen LogP contribution in [0.15, 0.2) is 24.5 Å². The fourth-order valence-corrected chi connectivity index (χ4v) is 3.19. The normalized spacial score (nSPS) is 16.2. The van der Waals surface area contributed by atoms with Gasteiger partial charge in [-0.15, -0.1) is 0 Å². The van der Waals surface area contributed by atoms with Crippen LogP contribution in [0, 0.1) is 0 Å². The monoisotopic (exact) mass is 319 g/mol. The van der Waals surface area contributed by atoms with Crippen molar-refractivity contribution in [2.45, 2.75) is 19.9 Å². The molecule has 3 rings (SSSR count). The molecule has 5 nitrogen and oxygen atoms in total. The first-order valence-electron chi connectivity index (χ1n) is 7.76. The van der Waals surface area contributed by atoms with E-state index < -0.39 is 0 Å². The van der Waals surface area contributed by atoms with Gasteiger partial charge in [0.15, 0.2) is 0 Å². The summed E-state index contributed by atoms with van der Waals surface area (Å²) in [5.41, 5.74) is 3.55. The fraction of sp³-hybridized carbons (Fsp3) is 0.500. The second-order valence-corrected chi connectivity index (χ2v) is 6.02. The Hall–Kier alpha value is -1.59. The van der Waals surface area contributed by atoms with Gasteiger partial charge >= 0.3 is 0 Å². The highest BCUT2D eigenvalue weighted by Gasteiger charge is 2.21. The van der Waals surface area contributed by atoms with E-state index in [1.165, 1.54) is 11.3 Å². The Balaban J connectivity index is 1.63. The second-order valence-electron chi connectivity index (χ2n) is 5.66. The predicted molar refractivity (Wildman–Crippen MR) is 89.3 cm³/mol. The van der Waals surface area contributed by atoms with E-state index >= 15 is 0 Å². The van der Waals surface area contributed by atoms with E-state index in [1.807, 2.05) is 19.4 Å². The largest absolute Gasteiger partial charge is 0.369 e. The summed E-state index contributed by atoms with van der Waals surface area (Å²) in [5, 5.41) is 5.27. The number of rotatable bonds is 4. The average Bonchev–Trinajstić information content (AvgIpc) is 2.84. The third-order valence-corrected chi connectivity index (χ3v) is 4.74. The molecule has 22 heavy (non-hydrogen) atoms. The van der Waals surface area contributed by atoms with Crippen LogP contribution in [0.3, 0.4) is 0 Å². The SMILES string of the molecule is CCc1nn(C)c(Cl)c1CN1CCN(c2ccncc2)CC1. The molecule has 0 aliphatic carbocycles. The lowest BCUT2D eigenvalue weighted by molar-refractivity contribution is 0.249. The maximum atomic E-state index is 6.39. The van der Waals surface area contributed by atoms with Crippen LogP contribution in [0.5, 0.6) is 0 Å². The molecule has 0 aromatic carbocycles. The zero-order valence-electron chi connectivity index (χ0n) is 13.2. The first-order valence-corrected chi connectivity index (χ1v) is 8.14. The molecule has 0 unspecified atom stereocenters. The molecule has 0 spiro atoms. The third kappa shape index (κ3) is 3.10. The average molecular weight is 320 g/mol. The summed E-state index contributed by atoms with van der Waals surface area (Å²) in [6, 6.07) is 4.14. The van der Waals surface area contributed by atoms with Crippen molar-refractivity contribution in [1.29, 1.82) is 0 Å². The molecule has 0 saturated carbocycles. The number of pyridine rings is 1. The number of halogens is 1. The van der Waals surface area contributed by atoms with Crippen molar-refractivity contribution in [3.05, 3.63) is 40.9 Å². The van der Waals surface area contributed by atoms with Crippen molar-refractivity contribution in [2.24, 2.45) is 7.05 Å². The van der Waals surface area contributed by atoms with Crippen LogP contribution < -0.4 is 4.90 Å². The molecule has 0 atom stereocenters. The molecule has 0 N–H and O–H groups in total. The number of hydrogen-bond donors (Lipinski definition) is 0. The summed E-state index contributed by atoms with van der Waals surface area (Å²) < 4.78 is 1.78. The zero-order chi connectivity index (χ0) is 15.5. The molecule has 1 fully saturated rings. The molecule has 0 amide bonds. The summed E-state index contributed by atoms with van der Waals surface area (Å²) >= 11 is 6.39. The van der Waals surface area contributed by atoms with Crippen LogP contribution in [0.25, 0.3) is 0 Å². The third-order valence-electron chi connectivity index (χ3n) is 4.27. The molecule has 2 aromatic heterocycles. The molecule has 118 valence electrons. The van der Waals surface area contributed by atoms with Crippen LogP contribution in [0.2, 0.25) is 5.15 Å². The van der Waals surface area contributed by atoms with Crippen LogP contribution in [0.1, 0.15) is 18.2 Å². The van der Waals surface area contributed by atoms with Gasteiger partial charge in [-0.1, -0.05) is 18.5 Å². The van der Waals surface area contributed by atoms with Crippen LogP contribution >= 0.6 is 11.6 Å². The summed E-state index contributed by atoms with van der Waals surface area (Å²) in [5.74, 6) is 0. The number of hydrogen-bond acceptors (Lipinski definition) is 4. The Kier molecular flexibility index (Phi) is 4.64. The standard InChI is InChI=1S/C16H22ClN5/c1-3-15-14(16(17)20(2)19-15)12-21-8-10-22(11-9-21)13-4-6-18-7-5-13/h4-7H,3,8-12H2,1-2H3. The Morgan fingerprint density at radius 2 is 1.82 bits per heavy atom. The van der Waals surface area contributed by atoms with Gasteiger partial charge in [0, 0.05) is 63.4 Å². The van der Waals surface area contributed by atoms with E-state index in [0.717, 1.165) is 50.0 Å². The highest BCUT2D eigenvalue weighted by Crippen LogP contribution is 2.23. The van der Waals surface area contributed by atoms with Gasteiger partial charge in [0.05, 0.1) is 5.69 Å². The molecular weight excluding hydrogens is 298 g/mol. The molecule has 1 saturated heterocycles. The smallest absolute Gasteiger partial charge is 0.131 e. The van der Waals surface area contributed by atoms with Crippen LogP contribution in [-0.2, 0) is 20.0 Å². The molecule has 1 aliphatic rings. The minimum absolute atomic E-state index is 0.772. The van der Waals surface area contributed by atoms with Gasteiger partial charge < -0.3 is 4.90 Å². The maximum absolute atomic E-state index is 6.39. The Bertz CT molecular complexity index is 617. The van der Waals surface area contributed by atoms with Crippen LogP contribution in [0.4, 0.5) is 5.69 Å². The van der Waals surface area contributed by atoms with Crippen molar-refractivity contribution < 1.29 is 0 Å². The van der Waals surface area contributed by atoms with Gasteiger partial charge in [0.1, 0.15) is 5.15 Å². The predicted octanol–water partition coefficient (Wildman–Crippen LogP) is 2.35. The van der Waals surface area contributed by atoms with Gasteiger partial charge in [-0.2, -0.15) is 5.10 Å². The maximum Gasteiger partial charge on any atom is 0.131 e. The lowest BCUT2D eigenvalue weighted by Crippen LogP contribution is -2.46. The summed E-state index contributed by atoms with van der Waals surface area (Å²) in [4.78, 5) is 8.95. The Labute approximate surface area is 136 Å². The molecule has 1 aliphatic heterocycles. The second kappa shape index (κ2) is 6.67. The number of nitrogens with zero attached hydrogens (tertiary/aromatic N) is 5. The Morgan fingerprint density at radius 1 is 1.14 bits per heavy atom. The van der Waals surface area contributed by atoms with Gasteiger partial charge in [0.2, 0.25) is 0 Å². The first-order chi connectivity index (χ1) is 10.7. The van der Waals surface area contributed by atoms with E-state index in [2.05, 4.69) is 38.9 Å². The lowest BCUT2D eigenvalue weighted by atomic mass is 10.2. The molecule has 6 heteroatoms. The molecule has 2 aromatic rings. The van der Waals surface area contributed by atoms with Gasteiger partial charge in [0.25, 0.3) is 0 Å². The summed E-state index contributed by atoms with van der Waals surface area (Å²) in [6.45, 7) is 7.16. The minimum Gasteiger partial charge on any atom is -0.369 e. The first kappa shape index (κ1) is 15.3. The van der Waals surface area contributed by atoms with Gasteiger partial charge in [-0.3, -0.25) is 14.6 Å². The highest BCUT2D eigenvalue weighted by molar-refractivity contribution is 6.30. The molecule has 0 radical (unpaired) electrons. The number of aromatic nitrogens is 3. The van der Waals surface area contributed by atoms with E-state index in [9.17, 15) is 0 Å². The van der Waals surface area contributed by atoms with Crippen molar-refractivity contribution in [3.8, 4) is 0 Å². The van der Waals surface area contributed by atoms with E-state index in [1.54, 1.807) is 4.68 Å². The quantitative estimate of drug-likeness (QED) is 0.867. The van der Waals surface area contributed by atoms with E-state index in [-0.39, 0.29) is 0 Å². The Morgan fingerprint density at radius 3 is 2.45 bits per heavy atom. The van der Waals surface area contributed by atoms with Crippen molar-refractivity contribution >= 4 is 17.3 Å². The fourth-order valence-electron chi connectivity index (χ4n) is 2.98. The molecule has 0 bridgehead atoms. The van der Waals surface area contributed by atoms with Crippen molar-refractivity contribution in [1.82, 2.24) is 19.7 Å². The summed E-state index contributed by atoms with van der Waals surface area (Å²) in [7, 11) is 1.91. The van der Waals surface area contributed by atoms with Crippen molar-refractivity contribution in [2.75, 3.05) is 31.1 Å². The number of aryl methyl sites for hydroxylation is 2. The number of piperazine rings is 1. The highest BCUT2D eigenvalue weighted by atomic mass is 35.5. The lowest BCUT2D eigenvalue weighted by Gasteiger charge is -2.36. The zero-order valence-corrected chi connectivity index (χ0v) is 13.9.